The van der Waals surface area contributed by atoms with Gasteiger partial charge in [0.25, 0.3) is 5.56 Å². The lowest BCUT2D eigenvalue weighted by molar-refractivity contribution is -0.116. The molecule has 1 aromatic carbocycles. The number of rotatable bonds is 6. The van der Waals surface area contributed by atoms with E-state index in [0.717, 1.165) is 36.6 Å². The maximum atomic E-state index is 12.8. The molecule has 0 saturated carbocycles. The number of hydrogen-bond acceptors (Lipinski definition) is 7. The normalized spacial score (nSPS) is 14.8. The summed E-state index contributed by atoms with van der Waals surface area (Å²) in [5.41, 5.74) is 0.491. The van der Waals surface area contributed by atoms with E-state index in [9.17, 15) is 14.4 Å². The third-order valence-corrected chi connectivity index (χ3v) is 5.84. The lowest BCUT2D eigenvalue weighted by Crippen LogP contribution is -2.41. The molecule has 0 unspecified atom stereocenters. The number of nitrogens with one attached hydrogen (secondary N) is 1. The van der Waals surface area contributed by atoms with E-state index in [1.165, 1.54) is 15.9 Å². The van der Waals surface area contributed by atoms with Crippen LogP contribution in [-0.2, 0) is 29.2 Å². The quantitative estimate of drug-likeness (QED) is 0.630. The van der Waals surface area contributed by atoms with Crippen molar-refractivity contribution in [2.75, 3.05) is 31.6 Å². The van der Waals surface area contributed by atoms with E-state index < -0.39 is 5.69 Å². The van der Waals surface area contributed by atoms with Gasteiger partial charge in [-0.05, 0) is 19.1 Å². The molecule has 0 bridgehead atoms. The van der Waals surface area contributed by atoms with E-state index in [2.05, 4.69) is 15.2 Å². The van der Waals surface area contributed by atoms with Crippen molar-refractivity contribution >= 4 is 33.3 Å². The Balaban J connectivity index is 1.52. The summed E-state index contributed by atoms with van der Waals surface area (Å²) in [6, 6.07) is 6.82. The molecule has 30 heavy (non-hydrogen) atoms. The lowest BCUT2D eigenvalue weighted by atomic mass is 10.2. The summed E-state index contributed by atoms with van der Waals surface area (Å²) in [5.74, 6) is -0.365. The first-order chi connectivity index (χ1) is 14.6. The Morgan fingerprint density at radius 1 is 1.20 bits per heavy atom. The summed E-state index contributed by atoms with van der Waals surface area (Å²) in [6.07, 6.45) is 0. The Labute approximate surface area is 176 Å². The van der Waals surface area contributed by atoms with Crippen molar-refractivity contribution in [2.24, 2.45) is 0 Å². The zero-order chi connectivity index (χ0) is 21.1. The Morgan fingerprint density at radius 3 is 2.73 bits per heavy atom. The fourth-order valence-corrected chi connectivity index (χ4v) is 4.25. The van der Waals surface area contributed by atoms with Crippen LogP contribution in [0.3, 0.4) is 0 Å². The fraction of sp³-hybridized carbons (Fsp3) is 0.400. The highest BCUT2D eigenvalue weighted by molar-refractivity contribution is 7.13. The average Bonchev–Trinajstić information content (AvgIpc) is 3.19. The second kappa shape index (κ2) is 8.90. The van der Waals surface area contributed by atoms with E-state index in [1.807, 2.05) is 5.38 Å². The number of anilines is 1. The molecule has 1 aliphatic rings. The van der Waals surface area contributed by atoms with Crippen LogP contribution in [0.4, 0.5) is 5.13 Å². The monoisotopic (exact) mass is 429 g/mol. The first-order valence-corrected chi connectivity index (χ1v) is 10.7. The van der Waals surface area contributed by atoms with Gasteiger partial charge in [0, 0.05) is 31.6 Å². The summed E-state index contributed by atoms with van der Waals surface area (Å²) in [7, 11) is 0. The molecule has 1 amide bonds. The zero-order valence-electron chi connectivity index (χ0n) is 16.7. The van der Waals surface area contributed by atoms with Crippen LogP contribution in [0, 0.1) is 0 Å². The average molecular weight is 430 g/mol. The smallest absolute Gasteiger partial charge is 0.331 e. The van der Waals surface area contributed by atoms with Gasteiger partial charge in [0.1, 0.15) is 6.54 Å². The number of benzene rings is 1. The summed E-state index contributed by atoms with van der Waals surface area (Å²) >= 11 is 1.35. The van der Waals surface area contributed by atoms with Crippen LogP contribution >= 0.6 is 11.3 Å². The van der Waals surface area contributed by atoms with Gasteiger partial charge in [-0.2, -0.15) is 0 Å². The van der Waals surface area contributed by atoms with E-state index in [4.69, 9.17) is 4.74 Å². The molecule has 1 N–H and O–H groups in total. The number of aromatic nitrogens is 3. The van der Waals surface area contributed by atoms with E-state index in [0.29, 0.717) is 22.6 Å². The first-order valence-electron chi connectivity index (χ1n) is 9.83. The van der Waals surface area contributed by atoms with E-state index in [-0.39, 0.29) is 24.6 Å². The number of nitrogens with zero attached hydrogens (tertiary/aromatic N) is 4. The van der Waals surface area contributed by atoms with Gasteiger partial charge in [-0.15, -0.1) is 11.3 Å². The largest absolute Gasteiger partial charge is 0.379 e. The molecule has 2 aromatic heterocycles. The second-order valence-electron chi connectivity index (χ2n) is 7.02. The molecule has 0 spiro atoms. The molecule has 1 aliphatic heterocycles. The molecule has 158 valence electrons. The minimum Gasteiger partial charge on any atom is -0.379 e. The van der Waals surface area contributed by atoms with Crippen molar-refractivity contribution in [1.29, 1.82) is 0 Å². The van der Waals surface area contributed by atoms with Gasteiger partial charge in [0.2, 0.25) is 5.91 Å². The van der Waals surface area contributed by atoms with Crippen LogP contribution in [0.1, 0.15) is 12.6 Å². The number of carbonyl (C=O) groups excluding carboxylic acids is 1. The molecule has 0 aliphatic carbocycles. The highest BCUT2D eigenvalue weighted by atomic mass is 32.1. The topological polar surface area (TPSA) is 98.5 Å². The molecule has 0 radical (unpaired) electrons. The van der Waals surface area contributed by atoms with E-state index >= 15 is 0 Å². The van der Waals surface area contributed by atoms with Gasteiger partial charge < -0.3 is 10.1 Å². The van der Waals surface area contributed by atoms with Crippen molar-refractivity contribution in [3.63, 3.8) is 0 Å². The van der Waals surface area contributed by atoms with Crippen LogP contribution in [0.15, 0.2) is 39.2 Å². The Hall–Kier alpha value is -2.82. The maximum Gasteiger partial charge on any atom is 0.331 e. The third kappa shape index (κ3) is 4.20. The van der Waals surface area contributed by atoms with Crippen LogP contribution < -0.4 is 16.6 Å². The molecule has 0 atom stereocenters. The lowest BCUT2D eigenvalue weighted by Gasteiger charge is -2.25. The maximum absolute atomic E-state index is 12.8. The number of carbonyl (C=O) groups is 1. The SMILES string of the molecule is CCn1c(=O)c2ccccc2n(CC(=O)Nc2nc(CN3CCOCC3)cs2)c1=O. The first kappa shape index (κ1) is 20.5. The van der Waals surface area contributed by atoms with Gasteiger partial charge in [-0.1, -0.05) is 12.1 Å². The van der Waals surface area contributed by atoms with Gasteiger partial charge in [0.05, 0.1) is 29.8 Å². The Bertz CT molecular complexity index is 1180. The number of amides is 1. The summed E-state index contributed by atoms with van der Waals surface area (Å²) in [5, 5.41) is 5.59. The van der Waals surface area contributed by atoms with Crippen molar-refractivity contribution in [2.45, 2.75) is 26.6 Å². The Morgan fingerprint density at radius 2 is 1.97 bits per heavy atom. The van der Waals surface area contributed by atoms with E-state index in [1.54, 1.807) is 31.2 Å². The fourth-order valence-electron chi connectivity index (χ4n) is 3.53. The minimum absolute atomic E-state index is 0.196. The highest BCUT2D eigenvalue weighted by Gasteiger charge is 2.16. The van der Waals surface area contributed by atoms with Gasteiger partial charge in [0.15, 0.2) is 5.13 Å². The molecule has 1 fully saturated rings. The zero-order valence-corrected chi connectivity index (χ0v) is 17.5. The Kier molecular flexibility index (Phi) is 6.07. The molecular weight excluding hydrogens is 406 g/mol. The van der Waals surface area contributed by atoms with Crippen molar-refractivity contribution in [3.8, 4) is 0 Å². The van der Waals surface area contributed by atoms with Crippen LogP contribution in [0.2, 0.25) is 0 Å². The van der Waals surface area contributed by atoms with Crippen molar-refractivity contribution in [3.05, 3.63) is 56.2 Å². The van der Waals surface area contributed by atoms with Gasteiger partial charge >= 0.3 is 5.69 Å². The van der Waals surface area contributed by atoms with Crippen LogP contribution in [0.5, 0.6) is 0 Å². The molecule has 4 rings (SSSR count). The molecule has 9 nitrogen and oxygen atoms in total. The summed E-state index contributed by atoms with van der Waals surface area (Å²) in [6.45, 7) is 5.64. The predicted octanol–water partition coefficient (Wildman–Crippen LogP) is 1.11. The number of morpholine rings is 1. The molecule has 3 aromatic rings. The second-order valence-corrected chi connectivity index (χ2v) is 7.87. The summed E-state index contributed by atoms with van der Waals surface area (Å²) < 4.78 is 7.82. The van der Waals surface area contributed by atoms with Crippen molar-refractivity contribution < 1.29 is 9.53 Å². The van der Waals surface area contributed by atoms with Crippen LogP contribution in [0.25, 0.3) is 10.9 Å². The number of para-hydroxylation sites is 1. The summed E-state index contributed by atoms with van der Waals surface area (Å²) in [4.78, 5) is 44.6. The number of thiazole rings is 1. The van der Waals surface area contributed by atoms with Gasteiger partial charge in [-0.25, -0.2) is 9.78 Å². The van der Waals surface area contributed by atoms with Crippen LogP contribution in [-0.4, -0.2) is 51.2 Å². The molecule has 3 heterocycles. The predicted molar refractivity (Wildman–Crippen MR) is 115 cm³/mol. The number of hydrogen-bond donors (Lipinski definition) is 1. The highest BCUT2D eigenvalue weighted by Crippen LogP contribution is 2.17. The van der Waals surface area contributed by atoms with Gasteiger partial charge in [-0.3, -0.25) is 23.6 Å². The minimum atomic E-state index is -0.497. The standard InChI is InChI=1S/C20H23N5O4S/c1-2-24-18(27)15-5-3-4-6-16(15)25(20(24)28)12-17(26)22-19-21-14(13-30-19)11-23-7-9-29-10-8-23/h3-6,13H,2,7-12H2,1H3,(H,21,22,26). The number of fused-ring (bicyclic) bond motifs is 1. The molecule has 1 saturated heterocycles. The van der Waals surface area contributed by atoms with Crippen molar-refractivity contribution in [1.82, 2.24) is 19.0 Å². The molecular formula is C20H23N5O4S. The third-order valence-electron chi connectivity index (χ3n) is 5.04. The number of ether oxygens (including phenoxy) is 1. The molecule has 10 heteroatoms.